The number of benzene rings is 2. The first-order chi connectivity index (χ1) is 16.2. The molecule has 0 bridgehead atoms. The van der Waals surface area contributed by atoms with Crippen molar-refractivity contribution >= 4 is 56.8 Å². The Hall–Kier alpha value is -2.36. The maximum absolute atomic E-state index is 12.8. The molecule has 0 saturated carbocycles. The highest BCUT2D eigenvalue weighted by Gasteiger charge is 2.26. The lowest BCUT2D eigenvalue weighted by Crippen LogP contribution is -2.33. The fourth-order valence-electron chi connectivity index (χ4n) is 3.29. The number of hydrogen-bond acceptors (Lipinski definition) is 5. The standard InChI is InChI=1S/C24H27BrClN5O2S/c1-5-31-22(21(14(2)3)28-23(33)16-8-6-15(4)7-9-16)29-30-24(31)34-13-20(32)27-17-10-11-19(26)18(25)12-17/h6-12,14,21H,5,13H2,1-4H3,(H,27,32)(H,28,33)/t21-/m0/s1. The van der Waals surface area contributed by atoms with E-state index < -0.39 is 0 Å². The van der Waals surface area contributed by atoms with Crippen molar-refractivity contribution in [3.05, 3.63) is 68.9 Å². The summed E-state index contributed by atoms with van der Waals surface area (Å²) in [7, 11) is 0. The topological polar surface area (TPSA) is 88.9 Å². The van der Waals surface area contributed by atoms with Gasteiger partial charge in [-0.25, -0.2) is 0 Å². The number of anilines is 1. The summed E-state index contributed by atoms with van der Waals surface area (Å²) in [6, 6.07) is 12.3. The van der Waals surface area contributed by atoms with Gasteiger partial charge < -0.3 is 15.2 Å². The zero-order valence-corrected chi connectivity index (χ0v) is 22.6. The van der Waals surface area contributed by atoms with Gasteiger partial charge in [0.05, 0.1) is 16.8 Å². The first-order valence-electron chi connectivity index (χ1n) is 10.9. The molecule has 0 fully saturated rings. The molecule has 2 amide bonds. The Labute approximate surface area is 217 Å². The fourth-order valence-corrected chi connectivity index (χ4v) is 4.60. The van der Waals surface area contributed by atoms with Crippen molar-refractivity contribution in [3.63, 3.8) is 0 Å². The van der Waals surface area contributed by atoms with Gasteiger partial charge in [0.15, 0.2) is 11.0 Å². The summed E-state index contributed by atoms with van der Waals surface area (Å²) in [6.45, 7) is 8.64. The van der Waals surface area contributed by atoms with E-state index in [2.05, 4.69) is 36.8 Å². The maximum Gasteiger partial charge on any atom is 0.251 e. The molecular formula is C24H27BrClN5O2S. The van der Waals surface area contributed by atoms with Crippen molar-refractivity contribution in [2.75, 3.05) is 11.1 Å². The summed E-state index contributed by atoms with van der Waals surface area (Å²) in [5, 5.41) is 15.8. The zero-order valence-electron chi connectivity index (χ0n) is 19.4. The van der Waals surface area contributed by atoms with Crippen LogP contribution in [0.15, 0.2) is 52.1 Å². The summed E-state index contributed by atoms with van der Waals surface area (Å²) >= 11 is 10.7. The SMILES string of the molecule is CCn1c(SCC(=O)Nc2ccc(Cl)c(Br)c2)nnc1[C@@H](NC(=O)c1ccc(C)cc1)C(C)C. The van der Waals surface area contributed by atoms with Crippen molar-refractivity contribution < 1.29 is 9.59 Å². The minimum absolute atomic E-state index is 0.0911. The number of aromatic nitrogens is 3. The van der Waals surface area contributed by atoms with Crippen LogP contribution in [0.25, 0.3) is 0 Å². The summed E-state index contributed by atoms with van der Waals surface area (Å²) in [5.41, 5.74) is 2.34. The molecule has 2 N–H and O–H groups in total. The number of carbonyl (C=O) groups is 2. The second-order valence-electron chi connectivity index (χ2n) is 8.11. The van der Waals surface area contributed by atoms with E-state index in [9.17, 15) is 9.59 Å². The summed E-state index contributed by atoms with van der Waals surface area (Å²) in [5.74, 6) is 0.600. The third kappa shape index (κ3) is 6.61. The van der Waals surface area contributed by atoms with E-state index in [1.54, 1.807) is 18.2 Å². The maximum atomic E-state index is 12.8. The highest BCUT2D eigenvalue weighted by Crippen LogP contribution is 2.27. The van der Waals surface area contributed by atoms with E-state index in [4.69, 9.17) is 11.6 Å². The fraction of sp³-hybridized carbons (Fsp3) is 0.333. The molecule has 0 aliphatic rings. The molecular weight excluding hydrogens is 538 g/mol. The number of aryl methyl sites for hydroxylation is 1. The van der Waals surface area contributed by atoms with E-state index in [0.717, 1.165) is 5.56 Å². The number of carbonyl (C=O) groups excluding carboxylic acids is 2. The van der Waals surface area contributed by atoms with E-state index in [0.29, 0.717) is 38.3 Å². The second kappa shape index (κ2) is 11.9. The highest BCUT2D eigenvalue weighted by atomic mass is 79.9. The van der Waals surface area contributed by atoms with Crippen LogP contribution in [0.5, 0.6) is 0 Å². The van der Waals surface area contributed by atoms with Crippen LogP contribution >= 0.6 is 39.3 Å². The van der Waals surface area contributed by atoms with E-state index in [1.807, 2.05) is 56.5 Å². The van der Waals surface area contributed by atoms with Crippen molar-refractivity contribution in [1.29, 1.82) is 0 Å². The largest absolute Gasteiger partial charge is 0.342 e. The first-order valence-corrected chi connectivity index (χ1v) is 13.0. The predicted molar refractivity (Wildman–Crippen MR) is 140 cm³/mol. The van der Waals surface area contributed by atoms with Crippen LogP contribution in [0.1, 0.15) is 48.6 Å². The number of nitrogens with one attached hydrogen (secondary N) is 2. The molecule has 1 atom stereocenters. The number of amides is 2. The number of halogens is 2. The molecule has 0 radical (unpaired) electrons. The highest BCUT2D eigenvalue weighted by molar-refractivity contribution is 9.10. The van der Waals surface area contributed by atoms with Crippen LogP contribution in [-0.2, 0) is 11.3 Å². The van der Waals surface area contributed by atoms with E-state index >= 15 is 0 Å². The van der Waals surface area contributed by atoms with Crippen molar-refractivity contribution in [3.8, 4) is 0 Å². The van der Waals surface area contributed by atoms with Gasteiger partial charge in [-0.1, -0.05) is 54.9 Å². The van der Waals surface area contributed by atoms with Gasteiger partial charge in [0.2, 0.25) is 5.91 Å². The van der Waals surface area contributed by atoms with Crippen LogP contribution < -0.4 is 10.6 Å². The minimum atomic E-state index is -0.323. The molecule has 1 heterocycles. The molecule has 7 nitrogen and oxygen atoms in total. The Morgan fingerprint density at radius 3 is 2.47 bits per heavy atom. The molecule has 2 aromatic carbocycles. The lowest BCUT2D eigenvalue weighted by atomic mass is 10.0. The van der Waals surface area contributed by atoms with Crippen LogP contribution in [0, 0.1) is 12.8 Å². The lowest BCUT2D eigenvalue weighted by Gasteiger charge is -2.22. The van der Waals surface area contributed by atoms with Gasteiger partial charge in [0.25, 0.3) is 5.91 Å². The lowest BCUT2D eigenvalue weighted by molar-refractivity contribution is -0.113. The molecule has 34 heavy (non-hydrogen) atoms. The van der Waals surface area contributed by atoms with Crippen LogP contribution in [0.2, 0.25) is 5.02 Å². The Balaban J connectivity index is 1.70. The third-order valence-electron chi connectivity index (χ3n) is 5.14. The number of rotatable bonds is 9. The molecule has 0 spiro atoms. The first kappa shape index (κ1) is 26.2. The minimum Gasteiger partial charge on any atom is -0.342 e. The Kier molecular flexibility index (Phi) is 9.16. The van der Waals surface area contributed by atoms with Gasteiger partial charge in [-0.15, -0.1) is 10.2 Å². The molecule has 180 valence electrons. The molecule has 0 aliphatic carbocycles. The molecule has 3 aromatic rings. The van der Waals surface area contributed by atoms with Gasteiger partial charge in [-0.05, 0) is 66.0 Å². The number of hydrogen-bond donors (Lipinski definition) is 2. The zero-order chi connectivity index (χ0) is 24.8. The molecule has 10 heteroatoms. The summed E-state index contributed by atoms with van der Waals surface area (Å²) in [6.07, 6.45) is 0. The monoisotopic (exact) mass is 563 g/mol. The Morgan fingerprint density at radius 2 is 1.85 bits per heavy atom. The smallest absolute Gasteiger partial charge is 0.251 e. The molecule has 0 aliphatic heterocycles. The van der Waals surface area contributed by atoms with Crippen molar-refractivity contribution in [2.45, 2.75) is 45.4 Å². The molecule has 0 saturated heterocycles. The van der Waals surface area contributed by atoms with Gasteiger partial charge >= 0.3 is 0 Å². The summed E-state index contributed by atoms with van der Waals surface area (Å²) in [4.78, 5) is 25.3. The Morgan fingerprint density at radius 1 is 1.15 bits per heavy atom. The van der Waals surface area contributed by atoms with Crippen LogP contribution in [-0.4, -0.2) is 32.3 Å². The third-order valence-corrected chi connectivity index (χ3v) is 7.32. The molecule has 1 aromatic heterocycles. The number of thioether (sulfide) groups is 1. The second-order valence-corrected chi connectivity index (χ2v) is 10.3. The summed E-state index contributed by atoms with van der Waals surface area (Å²) < 4.78 is 2.65. The van der Waals surface area contributed by atoms with E-state index in [1.165, 1.54) is 11.8 Å². The molecule has 0 unspecified atom stereocenters. The normalized spacial score (nSPS) is 12.0. The van der Waals surface area contributed by atoms with Gasteiger partial charge in [0.1, 0.15) is 0 Å². The Bertz CT molecular complexity index is 1170. The average Bonchev–Trinajstić information content (AvgIpc) is 3.21. The van der Waals surface area contributed by atoms with Gasteiger partial charge in [-0.2, -0.15) is 0 Å². The van der Waals surface area contributed by atoms with Crippen LogP contribution in [0.3, 0.4) is 0 Å². The predicted octanol–water partition coefficient (Wildman–Crippen LogP) is 5.88. The van der Waals surface area contributed by atoms with Crippen molar-refractivity contribution in [2.24, 2.45) is 5.92 Å². The average molecular weight is 565 g/mol. The quantitative estimate of drug-likeness (QED) is 0.317. The van der Waals surface area contributed by atoms with Gasteiger partial charge in [-0.3, -0.25) is 9.59 Å². The van der Waals surface area contributed by atoms with E-state index in [-0.39, 0.29) is 29.5 Å². The van der Waals surface area contributed by atoms with Gasteiger partial charge in [0, 0.05) is 22.3 Å². The molecule has 3 rings (SSSR count). The van der Waals surface area contributed by atoms with Crippen LogP contribution in [0.4, 0.5) is 5.69 Å². The number of nitrogens with zero attached hydrogens (tertiary/aromatic N) is 3. The van der Waals surface area contributed by atoms with Crippen molar-refractivity contribution in [1.82, 2.24) is 20.1 Å².